The van der Waals surface area contributed by atoms with Gasteiger partial charge in [0.2, 0.25) is 0 Å². The molecule has 0 atom stereocenters. The minimum atomic E-state index is 0.133. The summed E-state index contributed by atoms with van der Waals surface area (Å²) in [5.41, 5.74) is 1.05. The second-order valence-electron chi connectivity index (χ2n) is 3.68. The number of hydrogen-bond donors (Lipinski definition) is 1. The van der Waals surface area contributed by atoms with Crippen LogP contribution in [0.4, 0.5) is 0 Å². The van der Waals surface area contributed by atoms with Crippen molar-refractivity contribution in [3.05, 3.63) is 52.2 Å². The molecular formula is C15H14OS2. The van der Waals surface area contributed by atoms with E-state index < -0.39 is 0 Å². The Labute approximate surface area is 116 Å². The number of thiophene rings is 1. The maximum atomic E-state index is 8.66. The third kappa shape index (κ3) is 4.23. The standard InChI is InChI=1S/C15H14OS2/c16-9-5-4-6-13-10-15(17-11-13)12-18-14-7-2-1-3-8-14/h1-3,7-8,10-11,16H,5,9,12H2. The zero-order chi connectivity index (χ0) is 12.6. The SMILES string of the molecule is OCCC#Cc1csc(CSc2ccccc2)c1. The Kier molecular flexibility index (Phi) is 5.35. The molecule has 0 saturated carbocycles. The van der Waals surface area contributed by atoms with Crippen LogP contribution in [0.25, 0.3) is 0 Å². The monoisotopic (exact) mass is 274 g/mol. The molecule has 1 N–H and O–H groups in total. The average Bonchev–Trinajstić information content (AvgIpc) is 2.86. The molecule has 2 aromatic rings. The van der Waals surface area contributed by atoms with Crippen LogP contribution in [0.3, 0.4) is 0 Å². The van der Waals surface area contributed by atoms with E-state index in [0.717, 1.165) is 11.3 Å². The number of rotatable bonds is 4. The highest BCUT2D eigenvalue weighted by atomic mass is 32.2. The summed E-state index contributed by atoms with van der Waals surface area (Å²) in [5.74, 6) is 6.98. The highest BCUT2D eigenvalue weighted by molar-refractivity contribution is 7.98. The van der Waals surface area contributed by atoms with Gasteiger partial charge in [-0.1, -0.05) is 30.0 Å². The first-order chi connectivity index (χ1) is 8.88. The molecule has 0 unspecified atom stereocenters. The molecule has 0 saturated heterocycles. The first kappa shape index (κ1) is 13.2. The Morgan fingerprint density at radius 1 is 1.22 bits per heavy atom. The summed E-state index contributed by atoms with van der Waals surface area (Å²) in [6.45, 7) is 0.133. The zero-order valence-electron chi connectivity index (χ0n) is 9.93. The van der Waals surface area contributed by atoms with Crippen molar-refractivity contribution in [1.82, 2.24) is 0 Å². The molecule has 18 heavy (non-hydrogen) atoms. The molecule has 1 aromatic carbocycles. The minimum absolute atomic E-state index is 0.133. The molecule has 0 radical (unpaired) electrons. The lowest BCUT2D eigenvalue weighted by Gasteiger charge is -1.97. The molecule has 1 aromatic heterocycles. The third-order valence-corrected chi connectivity index (χ3v) is 4.43. The van der Waals surface area contributed by atoms with Crippen molar-refractivity contribution in [2.45, 2.75) is 17.1 Å². The summed E-state index contributed by atoms with van der Waals surface area (Å²) in [4.78, 5) is 2.62. The Hall–Kier alpha value is -1.21. The van der Waals surface area contributed by atoms with Crippen molar-refractivity contribution in [3.63, 3.8) is 0 Å². The summed E-state index contributed by atoms with van der Waals surface area (Å²) in [6, 6.07) is 12.5. The van der Waals surface area contributed by atoms with Gasteiger partial charge in [0, 0.05) is 32.9 Å². The van der Waals surface area contributed by atoms with Gasteiger partial charge in [-0.25, -0.2) is 0 Å². The Morgan fingerprint density at radius 2 is 2.06 bits per heavy atom. The predicted octanol–water partition coefficient (Wildman–Crippen LogP) is 3.77. The van der Waals surface area contributed by atoms with E-state index in [4.69, 9.17) is 5.11 Å². The largest absolute Gasteiger partial charge is 0.395 e. The van der Waals surface area contributed by atoms with E-state index >= 15 is 0 Å². The maximum absolute atomic E-state index is 8.66. The molecule has 92 valence electrons. The molecule has 2 rings (SSSR count). The van der Waals surface area contributed by atoms with Crippen LogP contribution in [0.5, 0.6) is 0 Å². The third-order valence-electron chi connectivity index (χ3n) is 2.25. The zero-order valence-corrected chi connectivity index (χ0v) is 11.6. The van der Waals surface area contributed by atoms with Gasteiger partial charge in [-0.15, -0.1) is 23.1 Å². The molecule has 0 aliphatic heterocycles. The predicted molar refractivity (Wildman–Crippen MR) is 78.9 cm³/mol. The van der Waals surface area contributed by atoms with Crippen LogP contribution in [0.15, 0.2) is 46.7 Å². The first-order valence-electron chi connectivity index (χ1n) is 5.73. The molecule has 0 fully saturated rings. The molecule has 0 spiro atoms. The topological polar surface area (TPSA) is 20.2 Å². The van der Waals surface area contributed by atoms with Crippen LogP contribution in [0.2, 0.25) is 0 Å². The van der Waals surface area contributed by atoms with Crippen LogP contribution >= 0.6 is 23.1 Å². The maximum Gasteiger partial charge on any atom is 0.0540 e. The Bertz CT molecular complexity index is 534. The summed E-state index contributed by atoms with van der Waals surface area (Å²) in [6.07, 6.45) is 0.546. The second-order valence-corrected chi connectivity index (χ2v) is 5.72. The van der Waals surface area contributed by atoms with Crippen LogP contribution in [0.1, 0.15) is 16.9 Å². The number of aliphatic hydroxyl groups is 1. The first-order valence-corrected chi connectivity index (χ1v) is 7.60. The number of benzene rings is 1. The van der Waals surface area contributed by atoms with Crippen LogP contribution in [-0.2, 0) is 5.75 Å². The van der Waals surface area contributed by atoms with E-state index in [-0.39, 0.29) is 6.61 Å². The fourth-order valence-electron chi connectivity index (χ4n) is 1.41. The van der Waals surface area contributed by atoms with Crippen LogP contribution < -0.4 is 0 Å². The lowest BCUT2D eigenvalue weighted by molar-refractivity contribution is 0.305. The van der Waals surface area contributed by atoms with E-state index in [2.05, 4.69) is 47.6 Å². The smallest absolute Gasteiger partial charge is 0.0540 e. The molecule has 1 heterocycles. The van der Waals surface area contributed by atoms with E-state index in [1.54, 1.807) is 11.3 Å². The van der Waals surface area contributed by atoms with Crippen molar-refractivity contribution < 1.29 is 5.11 Å². The van der Waals surface area contributed by atoms with E-state index in [1.807, 2.05) is 17.8 Å². The Morgan fingerprint density at radius 3 is 2.83 bits per heavy atom. The van der Waals surface area contributed by atoms with Crippen LogP contribution in [0, 0.1) is 11.8 Å². The van der Waals surface area contributed by atoms with Gasteiger partial charge in [-0.05, 0) is 18.2 Å². The van der Waals surface area contributed by atoms with E-state index in [1.165, 1.54) is 9.77 Å². The molecule has 0 bridgehead atoms. The fourth-order valence-corrected chi connectivity index (χ4v) is 3.20. The second kappa shape index (κ2) is 7.27. The van der Waals surface area contributed by atoms with Crippen molar-refractivity contribution in [1.29, 1.82) is 0 Å². The van der Waals surface area contributed by atoms with Gasteiger partial charge in [0.25, 0.3) is 0 Å². The average molecular weight is 274 g/mol. The van der Waals surface area contributed by atoms with Gasteiger partial charge < -0.3 is 5.11 Å². The van der Waals surface area contributed by atoms with Gasteiger partial charge in [-0.2, -0.15) is 0 Å². The van der Waals surface area contributed by atoms with Crippen molar-refractivity contribution >= 4 is 23.1 Å². The van der Waals surface area contributed by atoms with Gasteiger partial charge in [0.05, 0.1) is 6.61 Å². The van der Waals surface area contributed by atoms with Crippen molar-refractivity contribution in [2.75, 3.05) is 6.61 Å². The Balaban J connectivity index is 1.90. The van der Waals surface area contributed by atoms with Gasteiger partial charge in [-0.3, -0.25) is 0 Å². The summed E-state index contributed by atoms with van der Waals surface area (Å²) in [5, 5.41) is 10.7. The lowest BCUT2D eigenvalue weighted by atomic mass is 10.3. The summed E-state index contributed by atoms with van der Waals surface area (Å²) >= 11 is 3.58. The van der Waals surface area contributed by atoms with Crippen molar-refractivity contribution in [3.8, 4) is 11.8 Å². The molecular weight excluding hydrogens is 260 g/mol. The van der Waals surface area contributed by atoms with Crippen molar-refractivity contribution in [2.24, 2.45) is 0 Å². The fraction of sp³-hybridized carbons (Fsp3) is 0.200. The summed E-state index contributed by atoms with van der Waals surface area (Å²) < 4.78 is 0. The van der Waals surface area contributed by atoms with E-state index in [9.17, 15) is 0 Å². The summed E-state index contributed by atoms with van der Waals surface area (Å²) in [7, 11) is 0. The number of thioether (sulfide) groups is 1. The number of hydrogen-bond acceptors (Lipinski definition) is 3. The van der Waals surface area contributed by atoms with Gasteiger partial charge in [0.1, 0.15) is 0 Å². The van der Waals surface area contributed by atoms with Crippen LogP contribution in [-0.4, -0.2) is 11.7 Å². The number of aliphatic hydroxyl groups excluding tert-OH is 1. The molecule has 0 aliphatic rings. The normalized spacial score (nSPS) is 9.83. The molecule has 0 amide bonds. The lowest BCUT2D eigenvalue weighted by Crippen LogP contribution is -1.76. The quantitative estimate of drug-likeness (QED) is 0.676. The highest BCUT2D eigenvalue weighted by Crippen LogP contribution is 2.25. The molecule has 1 nitrogen and oxygen atoms in total. The minimum Gasteiger partial charge on any atom is -0.395 e. The highest BCUT2D eigenvalue weighted by Gasteiger charge is 1.99. The van der Waals surface area contributed by atoms with Gasteiger partial charge >= 0.3 is 0 Å². The molecule has 3 heteroatoms. The van der Waals surface area contributed by atoms with E-state index in [0.29, 0.717) is 6.42 Å². The molecule has 0 aliphatic carbocycles. The van der Waals surface area contributed by atoms with Gasteiger partial charge in [0.15, 0.2) is 0 Å².